The Hall–Kier alpha value is -8.25. The van der Waals surface area contributed by atoms with Crippen molar-refractivity contribution in [2.75, 3.05) is 21.3 Å². The van der Waals surface area contributed by atoms with Crippen molar-refractivity contribution in [3.63, 3.8) is 0 Å². The van der Waals surface area contributed by atoms with E-state index in [1.807, 2.05) is 93.4 Å². The first-order valence-corrected chi connectivity index (χ1v) is 34.3. The lowest BCUT2D eigenvalue weighted by Crippen LogP contribution is -2.17. The fourth-order valence-electron chi connectivity index (χ4n) is 13.3. The Bertz CT molecular complexity index is 3720. The number of aromatic nitrogens is 6. The summed E-state index contributed by atoms with van der Waals surface area (Å²) in [7, 11) is 11.6. The topological polar surface area (TPSA) is 109 Å². The Balaban J connectivity index is 1.35. The van der Waals surface area contributed by atoms with E-state index in [4.69, 9.17) is 43.4 Å². The third-order valence-electron chi connectivity index (χ3n) is 19.4. The molecule has 96 heavy (non-hydrogen) atoms. The van der Waals surface area contributed by atoms with Crippen molar-refractivity contribution in [3.05, 3.63) is 228 Å². The number of ether oxygens (including phenoxy) is 6. The summed E-state index contributed by atoms with van der Waals surface area (Å²) in [5, 5.41) is 0. The molecule has 1 aliphatic rings. The highest BCUT2D eigenvalue weighted by Gasteiger charge is 2.32. The van der Waals surface area contributed by atoms with Crippen LogP contribution in [0.2, 0.25) is 0 Å². The molecule has 6 aromatic carbocycles. The van der Waals surface area contributed by atoms with E-state index in [2.05, 4.69) is 197 Å². The van der Waals surface area contributed by atoms with Gasteiger partial charge in [0.2, 0.25) is 0 Å². The molecule has 0 N–H and O–H groups in total. The summed E-state index contributed by atoms with van der Waals surface area (Å²) in [5.41, 5.74) is 18.6. The maximum absolute atomic E-state index is 7.36. The second-order valence-electron chi connectivity index (χ2n) is 33.1. The van der Waals surface area contributed by atoms with E-state index in [0.717, 1.165) is 119 Å². The number of nitrogens with zero attached hydrogens (tertiary/aromatic N) is 6. The Labute approximate surface area is 574 Å². The van der Waals surface area contributed by atoms with Gasteiger partial charge in [-0.2, -0.15) is 0 Å². The second kappa shape index (κ2) is 27.0. The van der Waals surface area contributed by atoms with Crippen LogP contribution in [0.25, 0.3) is 0 Å². The summed E-state index contributed by atoms with van der Waals surface area (Å²) in [4.78, 5) is 14.4. The third-order valence-corrected chi connectivity index (χ3v) is 19.4. The molecule has 9 aromatic rings. The molecule has 0 spiro atoms. The minimum absolute atomic E-state index is 0.233. The molecule has 10 rings (SSSR count). The Morgan fingerprint density at radius 3 is 0.552 bits per heavy atom. The summed E-state index contributed by atoms with van der Waals surface area (Å²) in [5.74, 6) is 7.45. The minimum Gasteiger partial charge on any atom is -0.496 e. The second-order valence-corrected chi connectivity index (χ2v) is 33.1. The number of fused-ring (bicyclic) bond motifs is 12. The molecule has 0 aliphatic heterocycles. The molecule has 0 radical (unpaired) electrons. The van der Waals surface area contributed by atoms with Crippen LogP contribution in [-0.2, 0) is 112 Å². The van der Waals surface area contributed by atoms with E-state index in [0.29, 0.717) is 38.5 Å². The summed E-state index contributed by atoms with van der Waals surface area (Å²) in [6, 6.07) is 28.5. The highest BCUT2D eigenvalue weighted by molar-refractivity contribution is 5.62. The first-order chi connectivity index (χ1) is 44.9. The smallest absolute Gasteiger partial charge is 0.146 e. The van der Waals surface area contributed by atoms with E-state index in [9.17, 15) is 0 Å². The molecular weight excluding hydrogens is 1190 g/mol. The van der Waals surface area contributed by atoms with Gasteiger partial charge < -0.3 is 42.1 Å². The molecule has 0 saturated heterocycles. The predicted octanol–water partition coefficient (Wildman–Crippen LogP) is 18.3. The SMILES string of the molecule is COc1c2cc(C(C)(C)C)cc1Cc1cc(C(C)(C)C)cc(c1OCc1nccn1C)Cc1cc(C(C)(C)C)cc(c1OC)Cc1cc(C(C)(C)C)cc(c1OCc1nccn1C)Cc1cc(C(C)(C)C)cc(c1OC)Cc1cc(C(C)(C)C)cc(c1OCc1nccn1C)C2. The molecule has 12 heteroatoms. The maximum Gasteiger partial charge on any atom is 0.146 e. The molecular formula is C84H108N6O6. The Kier molecular flexibility index (Phi) is 19.8. The molecule has 1 aliphatic carbocycles. The van der Waals surface area contributed by atoms with E-state index < -0.39 is 0 Å². The van der Waals surface area contributed by atoms with Gasteiger partial charge in [-0.25, -0.2) is 15.0 Å². The fraction of sp³-hybridized carbons (Fsp3) is 0.464. The summed E-state index contributed by atoms with van der Waals surface area (Å²) in [6.07, 6.45) is 14.6. The largest absolute Gasteiger partial charge is 0.496 e. The van der Waals surface area contributed by atoms with Crippen LogP contribution in [0.15, 0.2) is 110 Å². The monoisotopic (exact) mass is 1300 g/mol. The average molecular weight is 1300 g/mol. The van der Waals surface area contributed by atoms with Crippen molar-refractivity contribution in [3.8, 4) is 34.5 Å². The minimum atomic E-state index is -0.240. The predicted molar refractivity (Wildman–Crippen MR) is 390 cm³/mol. The van der Waals surface area contributed by atoms with E-state index in [-0.39, 0.29) is 52.3 Å². The zero-order valence-electron chi connectivity index (χ0n) is 62.4. The van der Waals surface area contributed by atoms with Crippen molar-refractivity contribution in [2.24, 2.45) is 21.1 Å². The molecule has 0 unspecified atom stereocenters. The number of hydrogen-bond donors (Lipinski definition) is 0. The quantitative estimate of drug-likeness (QED) is 0.118. The molecule has 0 saturated carbocycles. The lowest BCUT2D eigenvalue weighted by molar-refractivity contribution is 0.286. The van der Waals surface area contributed by atoms with Gasteiger partial charge in [0, 0.05) is 96.8 Å². The fourth-order valence-corrected chi connectivity index (χ4v) is 13.3. The molecule has 0 amide bonds. The van der Waals surface area contributed by atoms with E-state index >= 15 is 0 Å². The molecule has 0 fully saturated rings. The van der Waals surface area contributed by atoms with Gasteiger partial charge in [-0.3, -0.25) is 0 Å². The van der Waals surface area contributed by atoms with Crippen LogP contribution < -0.4 is 28.4 Å². The first kappa shape index (κ1) is 70.5. The lowest BCUT2D eigenvalue weighted by atomic mass is 9.79. The highest BCUT2D eigenvalue weighted by atomic mass is 16.5. The normalized spacial score (nSPS) is 13.5. The number of hydrogen-bond acceptors (Lipinski definition) is 9. The van der Waals surface area contributed by atoms with E-state index in [1.54, 1.807) is 0 Å². The molecule has 12 bridgehead atoms. The van der Waals surface area contributed by atoms with Crippen LogP contribution in [0.4, 0.5) is 0 Å². The van der Waals surface area contributed by atoms with Crippen molar-refractivity contribution in [2.45, 2.75) is 215 Å². The zero-order chi connectivity index (χ0) is 69.8. The van der Waals surface area contributed by atoms with Crippen LogP contribution in [-0.4, -0.2) is 50.0 Å². The van der Waals surface area contributed by atoms with Gasteiger partial charge >= 0.3 is 0 Å². The van der Waals surface area contributed by atoms with Crippen LogP contribution >= 0.6 is 0 Å². The first-order valence-electron chi connectivity index (χ1n) is 34.3. The average Bonchev–Trinajstić information content (AvgIpc) is 0.801. The van der Waals surface area contributed by atoms with Crippen LogP contribution in [0.5, 0.6) is 34.5 Å². The van der Waals surface area contributed by atoms with Crippen molar-refractivity contribution in [1.82, 2.24) is 28.7 Å². The highest BCUT2D eigenvalue weighted by Crippen LogP contribution is 2.47. The van der Waals surface area contributed by atoms with Crippen LogP contribution in [0.3, 0.4) is 0 Å². The van der Waals surface area contributed by atoms with Gasteiger partial charge in [0.05, 0.1) is 21.3 Å². The lowest BCUT2D eigenvalue weighted by Gasteiger charge is -2.29. The summed E-state index contributed by atoms with van der Waals surface area (Å²) < 4.78 is 48.7. The van der Waals surface area contributed by atoms with Crippen LogP contribution in [0, 0.1) is 0 Å². The van der Waals surface area contributed by atoms with Gasteiger partial charge in [-0.1, -0.05) is 197 Å². The molecule has 0 atom stereocenters. The van der Waals surface area contributed by atoms with Gasteiger partial charge in [0.1, 0.15) is 71.8 Å². The Morgan fingerprint density at radius 1 is 0.271 bits per heavy atom. The number of imidazole rings is 3. The summed E-state index contributed by atoms with van der Waals surface area (Å²) in [6.45, 7) is 42.3. The standard InChI is InChI=1S/C84H108N6O6/c1-79(2,3)64-37-52-31-58-43-67(82(10,11)12)45-60(76(58)94-49-70-85-25-28-88(70)19)33-54-39-65(80(4,5)6)41-56(74(54)92-23)35-62-47-69(84(16,17)18)48-63(78(62)96-51-72-87-27-30-90(72)21)36-57-42-66(81(7,8)9)40-55(75(57)93-24)34-61-46-68(83(13,14)15)44-59(32-53(38-64)73(52)91-22)77(61)95-50-71-86-26-29-89(71)20/h25-30,37-48H,31-36,49-51H2,1-24H3. The van der Waals surface area contributed by atoms with Gasteiger partial charge in [-0.15, -0.1) is 0 Å². The van der Waals surface area contributed by atoms with Gasteiger partial charge in [0.15, 0.2) is 0 Å². The molecule has 3 heterocycles. The molecule has 3 aromatic heterocycles. The maximum atomic E-state index is 7.36. The van der Waals surface area contributed by atoms with Crippen LogP contribution in [0.1, 0.15) is 242 Å². The van der Waals surface area contributed by atoms with Gasteiger partial charge in [0.25, 0.3) is 0 Å². The zero-order valence-corrected chi connectivity index (χ0v) is 62.4. The number of methoxy groups -OCH3 is 3. The van der Waals surface area contributed by atoms with Gasteiger partial charge in [-0.05, 0) is 133 Å². The summed E-state index contributed by atoms with van der Waals surface area (Å²) >= 11 is 0. The molecule has 510 valence electrons. The number of benzene rings is 6. The number of rotatable bonds is 12. The third kappa shape index (κ3) is 15.6. The van der Waals surface area contributed by atoms with Crippen molar-refractivity contribution < 1.29 is 28.4 Å². The number of aryl methyl sites for hydroxylation is 3. The Morgan fingerprint density at radius 2 is 0.427 bits per heavy atom. The van der Waals surface area contributed by atoms with Crippen molar-refractivity contribution >= 4 is 0 Å². The van der Waals surface area contributed by atoms with E-state index in [1.165, 1.54) is 33.4 Å². The molecule has 12 nitrogen and oxygen atoms in total. The van der Waals surface area contributed by atoms with Crippen molar-refractivity contribution in [1.29, 1.82) is 0 Å².